The van der Waals surface area contributed by atoms with Crippen molar-refractivity contribution in [1.82, 2.24) is 0 Å². The Morgan fingerprint density at radius 2 is 1.25 bits per heavy atom. The maximum absolute atomic E-state index is 12.2. The third-order valence-corrected chi connectivity index (χ3v) is 7.31. The normalized spacial score (nSPS) is 13.0. The van der Waals surface area contributed by atoms with Crippen LogP contribution in [0.5, 0.6) is 0 Å². The van der Waals surface area contributed by atoms with Gasteiger partial charge in [0.2, 0.25) is 0 Å². The molecule has 0 aliphatic heterocycles. The summed E-state index contributed by atoms with van der Waals surface area (Å²) in [5.74, 6) is -0.201. The summed E-state index contributed by atoms with van der Waals surface area (Å²) < 4.78 is 56.4. The van der Waals surface area contributed by atoms with E-state index in [1.807, 2.05) is 13.0 Å². The van der Waals surface area contributed by atoms with Gasteiger partial charge in [-0.1, -0.05) is 56.9 Å². The molecule has 0 aromatic carbocycles. The minimum atomic E-state index is -3.66. The molecule has 1 N–H and O–H groups in total. The number of hydrogen-bond acceptors (Lipinski definition) is 5. The molecule has 0 aromatic rings. The Balaban J connectivity index is -0.00000105. The molecule has 0 rings (SSSR count). The van der Waals surface area contributed by atoms with E-state index in [9.17, 15) is 16.8 Å². The molecule has 0 amide bonds. The molecule has 0 aliphatic rings. The van der Waals surface area contributed by atoms with Gasteiger partial charge in [0.05, 0.1) is 17.6 Å². The van der Waals surface area contributed by atoms with Gasteiger partial charge in [-0.2, -0.15) is 16.8 Å². The molecule has 0 saturated heterocycles. The predicted octanol–water partition coefficient (Wildman–Crippen LogP) is 6.45. The summed E-state index contributed by atoms with van der Waals surface area (Å²) in [7, 11) is -7.08. The zero-order valence-electron chi connectivity index (χ0n) is 20.4. The van der Waals surface area contributed by atoms with Crippen LogP contribution in [-0.4, -0.2) is 39.0 Å². The Bertz CT molecular complexity index is 658. The zero-order chi connectivity index (χ0) is 24.0. The van der Waals surface area contributed by atoms with E-state index in [0.29, 0.717) is 12.8 Å². The van der Waals surface area contributed by atoms with E-state index in [-0.39, 0.29) is 34.4 Å². The van der Waals surface area contributed by atoms with E-state index in [4.69, 9.17) is 8.74 Å². The molecule has 0 heterocycles. The summed E-state index contributed by atoms with van der Waals surface area (Å²) in [6.45, 7) is 7.56. The van der Waals surface area contributed by atoms with Gasteiger partial charge in [-0.15, -0.1) is 0 Å². The van der Waals surface area contributed by atoms with E-state index >= 15 is 0 Å². The van der Waals surface area contributed by atoms with Crippen molar-refractivity contribution in [3.8, 4) is 0 Å². The van der Waals surface area contributed by atoms with Crippen LogP contribution in [0, 0.1) is 0 Å². The Hall–Kier alpha value is -0.194. The predicted molar refractivity (Wildman–Crippen MR) is 131 cm³/mol. The van der Waals surface area contributed by atoms with Crippen LogP contribution in [0.2, 0.25) is 0 Å². The molecule has 1 unspecified atom stereocenters. The molecule has 9 heteroatoms. The van der Waals surface area contributed by atoms with Crippen molar-refractivity contribution >= 4 is 20.2 Å². The van der Waals surface area contributed by atoms with Crippen molar-refractivity contribution in [2.75, 3.05) is 12.4 Å². The molecule has 0 aromatic heterocycles. The minimum Gasteiger partial charge on any atom is -0.286 e. The van der Waals surface area contributed by atoms with Crippen molar-refractivity contribution < 1.29 is 42.4 Å². The van der Waals surface area contributed by atoms with Crippen LogP contribution in [-0.2, 0) is 41.2 Å². The second-order valence-corrected chi connectivity index (χ2v) is 11.1. The van der Waals surface area contributed by atoms with E-state index < -0.39 is 20.2 Å². The first-order chi connectivity index (χ1) is 14.6. The number of unbranched alkanes of at least 4 members (excludes halogenated alkanes) is 7. The summed E-state index contributed by atoms with van der Waals surface area (Å²) in [4.78, 5) is 0. The van der Waals surface area contributed by atoms with Crippen molar-refractivity contribution in [1.29, 1.82) is 0 Å². The standard InChI is InChI=1S/C21H40O3S.C2H6O3S.Co/c1-4-7-9-11-12-13-14-15-16-18-20-21(19-17-10-8-5-2)25(22,23)24-6-3;1-2-6(3,4)5;/h5,8,14-15,21H,4,6-7,9-13,16-20H2,1-3H3;2H2,1H3,(H,3,4,5);/b8-5+,15-14+;;. The minimum absolute atomic E-state index is 0. The quantitative estimate of drug-likeness (QED) is 0.0927. The van der Waals surface area contributed by atoms with Crippen LogP contribution in [0.25, 0.3) is 0 Å². The van der Waals surface area contributed by atoms with E-state index in [1.165, 1.54) is 39.0 Å². The van der Waals surface area contributed by atoms with Crippen molar-refractivity contribution in [2.45, 2.75) is 110 Å². The van der Waals surface area contributed by atoms with Crippen molar-refractivity contribution in [3.63, 3.8) is 0 Å². The van der Waals surface area contributed by atoms with Crippen molar-refractivity contribution in [2.24, 2.45) is 0 Å². The Kier molecular flexibility index (Phi) is 27.2. The van der Waals surface area contributed by atoms with Gasteiger partial charge in [0, 0.05) is 16.8 Å². The first-order valence-corrected chi connectivity index (χ1v) is 14.8. The molecule has 0 bridgehead atoms. The molecular formula is C23H46CoO6S2. The van der Waals surface area contributed by atoms with Gasteiger partial charge >= 0.3 is 0 Å². The summed E-state index contributed by atoms with van der Waals surface area (Å²) in [5.41, 5.74) is 0. The summed E-state index contributed by atoms with van der Waals surface area (Å²) >= 11 is 0. The van der Waals surface area contributed by atoms with Gasteiger partial charge in [-0.25, -0.2) is 0 Å². The fourth-order valence-electron chi connectivity index (χ4n) is 2.89. The van der Waals surface area contributed by atoms with Crippen LogP contribution in [0.4, 0.5) is 0 Å². The second-order valence-electron chi connectivity index (χ2n) is 7.50. The van der Waals surface area contributed by atoms with Gasteiger partial charge in [0.15, 0.2) is 0 Å². The average Bonchev–Trinajstić information content (AvgIpc) is 2.70. The van der Waals surface area contributed by atoms with Crippen LogP contribution in [0.15, 0.2) is 24.3 Å². The van der Waals surface area contributed by atoms with E-state index in [1.54, 1.807) is 6.92 Å². The van der Waals surface area contributed by atoms with Crippen LogP contribution in [0.3, 0.4) is 0 Å². The maximum atomic E-state index is 12.2. The van der Waals surface area contributed by atoms with Gasteiger partial charge in [0.25, 0.3) is 20.2 Å². The van der Waals surface area contributed by atoms with Gasteiger partial charge in [-0.3, -0.25) is 8.74 Å². The fraction of sp³-hybridized carbons (Fsp3) is 0.826. The summed E-state index contributed by atoms with van der Waals surface area (Å²) in [6, 6.07) is 0. The molecular weight excluding hydrogens is 495 g/mol. The largest absolute Gasteiger partial charge is 0.286 e. The fourth-order valence-corrected chi connectivity index (χ4v) is 4.32. The van der Waals surface area contributed by atoms with Crippen LogP contribution in [0.1, 0.15) is 105 Å². The first kappa shape index (κ1) is 36.4. The van der Waals surface area contributed by atoms with Crippen molar-refractivity contribution in [3.05, 3.63) is 24.3 Å². The summed E-state index contributed by atoms with van der Waals surface area (Å²) in [5, 5.41) is -0.361. The second kappa shape index (κ2) is 23.9. The van der Waals surface area contributed by atoms with Gasteiger partial charge in [-0.05, 0) is 72.1 Å². The zero-order valence-corrected chi connectivity index (χ0v) is 23.1. The third-order valence-electron chi connectivity index (χ3n) is 4.73. The monoisotopic (exact) mass is 541 g/mol. The number of rotatable bonds is 18. The van der Waals surface area contributed by atoms with Gasteiger partial charge in [0.1, 0.15) is 0 Å². The van der Waals surface area contributed by atoms with E-state index in [0.717, 1.165) is 32.1 Å². The molecule has 0 aliphatic carbocycles. The number of hydrogen-bond donors (Lipinski definition) is 1. The van der Waals surface area contributed by atoms with E-state index in [2.05, 4.69) is 25.2 Å². The Morgan fingerprint density at radius 1 is 0.781 bits per heavy atom. The summed E-state index contributed by atoms with van der Waals surface area (Å²) in [6.07, 6.45) is 21.4. The molecule has 0 saturated carbocycles. The molecule has 0 spiro atoms. The molecule has 1 atom stereocenters. The number of allylic oxidation sites excluding steroid dienone is 4. The smallest absolute Gasteiger partial charge is 0.270 e. The Morgan fingerprint density at radius 3 is 1.69 bits per heavy atom. The third kappa shape index (κ3) is 26.1. The SMILES string of the molecule is C/C=C/CCCC(CCC/C=C/CCCCCCC)S(=O)(=O)OCC.CCS(=O)(=O)O.[Co]. The van der Waals surface area contributed by atoms with Crippen LogP contribution < -0.4 is 0 Å². The Labute approximate surface area is 208 Å². The molecule has 0 fully saturated rings. The van der Waals surface area contributed by atoms with Gasteiger partial charge < -0.3 is 0 Å². The average molecular weight is 542 g/mol. The van der Waals surface area contributed by atoms with Crippen LogP contribution >= 0.6 is 0 Å². The molecule has 195 valence electrons. The topological polar surface area (TPSA) is 97.7 Å². The molecule has 1 radical (unpaired) electrons. The first-order valence-electron chi connectivity index (χ1n) is 11.7. The molecule has 32 heavy (non-hydrogen) atoms. The maximum Gasteiger partial charge on any atom is 0.270 e. The molecule has 6 nitrogen and oxygen atoms in total.